The summed E-state index contributed by atoms with van der Waals surface area (Å²) in [6.45, 7) is 3.84. The highest BCUT2D eigenvalue weighted by Gasteiger charge is 2.15. The molecule has 184 valence electrons. The molecule has 0 saturated carbocycles. The van der Waals surface area contributed by atoms with Crippen LogP contribution in [0.4, 0.5) is 28.8 Å². The molecule has 10 nitrogen and oxygen atoms in total. The van der Waals surface area contributed by atoms with Gasteiger partial charge in [0.05, 0.1) is 27.7 Å². The van der Waals surface area contributed by atoms with E-state index in [9.17, 15) is 5.26 Å². The van der Waals surface area contributed by atoms with Gasteiger partial charge in [0.1, 0.15) is 23.5 Å². The van der Waals surface area contributed by atoms with Crippen molar-refractivity contribution in [3.05, 3.63) is 77.0 Å². The molecule has 0 aliphatic rings. The first-order valence-corrected chi connectivity index (χ1v) is 12.0. The van der Waals surface area contributed by atoms with Crippen LogP contribution in [0.25, 0.3) is 15.3 Å². The van der Waals surface area contributed by atoms with E-state index in [2.05, 4.69) is 31.8 Å². The quantitative estimate of drug-likeness (QED) is 0.264. The van der Waals surface area contributed by atoms with Gasteiger partial charge in [0.2, 0.25) is 5.13 Å². The lowest BCUT2D eigenvalue weighted by atomic mass is 10.1. The number of hydrogen-bond acceptors (Lipinski definition) is 10. The van der Waals surface area contributed by atoms with Crippen LogP contribution in [0.2, 0.25) is 0 Å². The Balaban J connectivity index is 0.000000175. The molecule has 3 heterocycles. The first kappa shape index (κ1) is 25.0. The number of anilines is 5. The van der Waals surface area contributed by atoms with Gasteiger partial charge in [-0.15, -0.1) is 0 Å². The van der Waals surface area contributed by atoms with Gasteiger partial charge in [-0.05, 0) is 43.7 Å². The first-order chi connectivity index (χ1) is 17.9. The van der Waals surface area contributed by atoms with E-state index >= 15 is 0 Å². The smallest absolute Gasteiger partial charge is 0.213 e. The molecule has 0 saturated heterocycles. The van der Waals surface area contributed by atoms with E-state index in [-0.39, 0.29) is 0 Å². The fourth-order valence-electron chi connectivity index (χ4n) is 3.46. The zero-order valence-electron chi connectivity index (χ0n) is 20.4. The Bertz CT molecular complexity index is 1620. The Hall–Kier alpha value is -5.13. The maximum atomic E-state index is 9.30. The number of fused-ring (bicyclic) bond motifs is 1. The third-order valence-electron chi connectivity index (χ3n) is 5.55. The Labute approximate surface area is 217 Å². The van der Waals surface area contributed by atoms with Gasteiger partial charge >= 0.3 is 0 Å². The number of nitrogens with two attached hydrogens (primary N) is 2. The SMILES string of the molecule is CNc1nc(Nc2ccc(C)cc2)c(C#N)c(C)c1N.N#Cc1cnn(-c2nc3ccccc3s2)c1N. The maximum Gasteiger partial charge on any atom is 0.213 e. The monoisotopic (exact) mass is 508 g/mol. The van der Waals surface area contributed by atoms with E-state index in [4.69, 9.17) is 16.7 Å². The molecular weight excluding hydrogens is 484 g/mol. The lowest BCUT2D eigenvalue weighted by molar-refractivity contribution is 0.883. The zero-order chi connectivity index (χ0) is 26.5. The van der Waals surface area contributed by atoms with Crippen LogP contribution >= 0.6 is 11.3 Å². The molecule has 0 radical (unpaired) electrons. The van der Waals surface area contributed by atoms with E-state index in [1.54, 1.807) is 7.05 Å². The van der Waals surface area contributed by atoms with Crippen LogP contribution in [0, 0.1) is 36.5 Å². The lowest BCUT2D eigenvalue weighted by Crippen LogP contribution is -2.07. The van der Waals surface area contributed by atoms with Crippen LogP contribution in [-0.2, 0) is 0 Å². The predicted octanol–water partition coefficient (Wildman–Crippen LogP) is 4.87. The van der Waals surface area contributed by atoms with Crippen molar-refractivity contribution in [1.82, 2.24) is 19.7 Å². The Morgan fingerprint density at radius 2 is 1.68 bits per heavy atom. The largest absolute Gasteiger partial charge is 0.395 e. The van der Waals surface area contributed by atoms with E-state index in [0.717, 1.165) is 21.5 Å². The number of pyridine rings is 1. The molecule has 0 bridgehead atoms. The van der Waals surface area contributed by atoms with Crippen LogP contribution in [0.3, 0.4) is 0 Å². The van der Waals surface area contributed by atoms with Crippen molar-refractivity contribution in [2.75, 3.05) is 29.1 Å². The Morgan fingerprint density at radius 3 is 2.30 bits per heavy atom. The van der Waals surface area contributed by atoms with Crippen molar-refractivity contribution in [3.63, 3.8) is 0 Å². The average Bonchev–Trinajstić information content (AvgIpc) is 3.50. The highest BCUT2D eigenvalue weighted by molar-refractivity contribution is 7.20. The van der Waals surface area contributed by atoms with Crippen molar-refractivity contribution in [1.29, 1.82) is 10.5 Å². The first-order valence-electron chi connectivity index (χ1n) is 11.2. The number of aromatic nitrogens is 4. The molecule has 0 spiro atoms. The summed E-state index contributed by atoms with van der Waals surface area (Å²) in [6, 6.07) is 19.8. The summed E-state index contributed by atoms with van der Waals surface area (Å²) in [5.74, 6) is 1.40. The number of para-hydroxylation sites is 1. The third kappa shape index (κ3) is 5.12. The van der Waals surface area contributed by atoms with E-state index < -0.39 is 0 Å². The summed E-state index contributed by atoms with van der Waals surface area (Å²) < 4.78 is 2.55. The second-order valence-corrected chi connectivity index (χ2v) is 9.02. The Morgan fingerprint density at radius 1 is 0.946 bits per heavy atom. The standard InChI is InChI=1S/C15H17N5.C11H7N5S/c1-9-4-6-11(7-5-9)19-14-12(8-16)10(2)13(17)15(18-3)20-14;12-5-7-6-14-16(10(7)13)11-15-8-3-1-2-4-9(8)17-11/h4-7H,17H2,1-3H3,(H2,18,19,20);1-4,6H,13H2. The fourth-order valence-corrected chi connectivity index (χ4v) is 4.39. The van der Waals surface area contributed by atoms with Crippen LogP contribution in [-0.4, -0.2) is 26.8 Å². The van der Waals surface area contributed by atoms with Gasteiger partial charge in [0, 0.05) is 12.7 Å². The fraction of sp³-hybridized carbons (Fsp3) is 0.115. The second kappa shape index (κ2) is 10.6. The van der Waals surface area contributed by atoms with Gasteiger partial charge in [-0.25, -0.2) is 9.97 Å². The van der Waals surface area contributed by atoms with Gasteiger partial charge in [-0.2, -0.15) is 20.3 Å². The molecule has 0 fully saturated rings. The van der Waals surface area contributed by atoms with Gasteiger partial charge in [-0.1, -0.05) is 41.2 Å². The molecule has 37 heavy (non-hydrogen) atoms. The highest BCUT2D eigenvalue weighted by Crippen LogP contribution is 2.30. The van der Waals surface area contributed by atoms with Gasteiger partial charge in [0.15, 0.2) is 11.6 Å². The molecule has 5 aromatic rings. The molecule has 11 heteroatoms. The molecule has 6 N–H and O–H groups in total. The minimum absolute atomic E-state index is 0.326. The van der Waals surface area contributed by atoms with E-state index in [1.807, 2.05) is 68.4 Å². The summed E-state index contributed by atoms with van der Waals surface area (Å²) in [6.07, 6.45) is 1.45. The lowest BCUT2D eigenvalue weighted by Gasteiger charge is -2.14. The number of nitriles is 2. The van der Waals surface area contributed by atoms with Crippen LogP contribution in [0.1, 0.15) is 22.3 Å². The van der Waals surface area contributed by atoms with Crippen molar-refractivity contribution >= 4 is 50.4 Å². The van der Waals surface area contributed by atoms with Crippen LogP contribution < -0.4 is 22.1 Å². The third-order valence-corrected chi connectivity index (χ3v) is 6.56. The molecular formula is C26H24N10S. The zero-order valence-corrected chi connectivity index (χ0v) is 21.3. The molecule has 0 aliphatic carbocycles. The van der Waals surface area contributed by atoms with Crippen LogP contribution in [0.15, 0.2) is 54.7 Å². The normalized spacial score (nSPS) is 10.2. The molecule has 0 atom stereocenters. The molecule has 0 unspecified atom stereocenters. The second-order valence-electron chi connectivity index (χ2n) is 8.01. The topological polar surface area (TPSA) is 167 Å². The summed E-state index contributed by atoms with van der Waals surface area (Å²) in [5, 5.41) is 29.0. The summed E-state index contributed by atoms with van der Waals surface area (Å²) in [7, 11) is 1.75. The number of hydrogen-bond donors (Lipinski definition) is 4. The van der Waals surface area contributed by atoms with Gasteiger partial charge < -0.3 is 22.1 Å². The van der Waals surface area contributed by atoms with E-state index in [0.29, 0.717) is 39.4 Å². The molecule has 0 amide bonds. The molecule has 2 aromatic carbocycles. The number of nitrogens with zero attached hydrogens (tertiary/aromatic N) is 6. The minimum atomic E-state index is 0.326. The molecule has 0 aliphatic heterocycles. The molecule has 5 rings (SSSR count). The highest BCUT2D eigenvalue weighted by atomic mass is 32.1. The maximum absolute atomic E-state index is 9.30. The predicted molar refractivity (Wildman–Crippen MR) is 148 cm³/mol. The van der Waals surface area contributed by atoms with Crippen molar-refractivity contribution in [2.45, 2.75) is 13.8 Å². The van der Waals surface area contributed by atoms with Crippen molar-refractivity contribution in [2.24, 2.45) is 0 Å². The number of nitrogen functional groups attached to an aromatic ring is 2. The van der Waals surface area contributed by atoms with E-state index in [1.165, 1.54) is 27.8 Å². The minimum Gasteiger partial charge on any atom is -0.395 e. The number of aryl methyl sites for hydroxylation is 1. The number of benzene rings is 2. The van der Waals surface area contributed by atoms with Gasteiger partial charge in [0.25, 0.3) is 0 Å². The summed E-state index contributed by atoms with van der Waals surface area (Å²) in [5.41, 5.74) is 16.8. The Kier molecular flexibility index (Phi) is 7.19. The summed E-state index contributed by atoms with van der Waals surface area (Å²) >= 11 is 1.49. The van der Waals surface area contributed by atoms with Gasteiger partial charge in [-0.3, -0.25) is 0 Å². The summed E-state index contributed by atoms with van der Waals surface area (Å²) in [4.78, 5) is 8.79. The number of rotatable bonds is 4. The average molecular weight is 509 g/mol. The number of nitrogens with one attached hydrogen (secondary N) is 2. The van der Waals surface area contributed by atoms with Crippen molar-refractivity contribution < 1.29 is 0 Å². The molecule has 3 aromatic heterocycles. The number of thiazole rings is 1. The van der Waals surface area contributed by atoms with Crippen LogP contribution in [0.5, 0.6) is 0 Å². The van der Waals surface area contributed by atoms with Crippen molar-refractivity contribution in [3.8, 4) is 17.3 Å².